The van der Waals surface area contributed by atoms with Crippen LogP contribution in [0.15, 0.2) is 0 Å². The third-order valence-electron chi connectivity index (χ3n) is 3.10. The fourth-order valence-electron chi connectivity index (χ4n) is 2.51. The standard InChI is InChI=1S/C12H24N2O.ClH/c1-4-5-11(13)12(15)14-7-9(2)6-10(3)8-14;/h9-11H,4-8,13H2,1-3H3;1H. The van der Waals surface area contributed by atoms with Crippen molar-refractivity contribution in [3.63, 3.8) is 0 Å². The summed E-state index contributed by atoms with van der Waals surface area (Å²) in [5, 5.41) is 0. The van der Waals surface area contributed by atoms with Crippen LogP contribution in [0.5, 0.6) is 0 Å². The summed E-state index contributed by atoms with van der Waals surface area (Å²) in [5.74, 6) is 1.38. The predicted molar refractivity (Wildman–Crippen MR) is 69.7 cm³/mol. The maximum Gasteiger partial charge on any atom is 0.239 e. The second kappa shape index (κ2) is 7.13. The summed E-state index contributed by atoms with van der Waals surface area (Å²) >= 11 is 0. The summed E-state index contributed by atoms with van der Waals surface area (Å²) in [6.45, 7) is 8.26. The summed E-state index contributed by atoms with van der Waals surface area (Å²) in [7, 11) is 0. The number of hydrogen-bond acceptors (Lipinski definition) is 2. The number of halogens is 1. The molecule has 2 N–H and O–H groups in total. The van der Waals surface area contributed by atoms with Crippen LogP contribution in [0, 0.1) is 11.8 Å². The fraction of sp³-hybridized carbons (Fsp3) is 0.917. The van der Waals surface area contributed by atoms with Gasteiger partial charge >= 0.3 is 0 Å². The normalized spacial score (nSPS) is 27.1. The lowest BCUT2D eigenvalue weighted by Crippen LogP contribution is -2.49. The van der Waals surface area contributed by atoms with Gasteiger partial charge in [-0.15, -0.1) is 12.4 Å². The molecule has 0 aromatic rings. The highest BCUT2D eigenvalue weighted by atomic mass is 35.5. The van der Waals surface area contributed by atoms with E-state index in [1.54, 1.807) is 0 Å². The van der Waals surface area contributed by atoms with Crippen molar-refractivity contribution < 1.29 is 4.79 Å². The van der Waals surface area contributed by atoms with E-state index in [4.69, 9.17) is 5.73 Å². The largest absolute Gasteiger partial charge is 0.341 e. The molecule has 0 radical (unpaired) electrons. The monoisotopic (exact) mass is 248 g/mol. The quantitative estimate of drug-likeness (QED) is 0.831. The molecule has 96 valence electrons. The average Bonchev–Trinajstić information content (AvgIpc) is 2.15. The number of amides is 1. The summed E-state index contributed by atoms with van der Waals surface area (Å²) < 4.78 is 0. The van der Waals surface area contributed by atoms with E-state index in [1.807, 2.05) is 4.90 Å². The van der Waals surface area contributed by atoms with Gasteiger partial charge in [0.25, 0.3) is 0 Å². The third-order valence-corrected chi connectivity index (χ3v) is 3.10. The second-order valence-electron chi connectivity index (χ2n) is 5.08. The van der Waals surface area contributed by atoms with Gasteiger partial charge in [0.1, 0.15) is 0 Å². The lowest BCUT2D eigenvalue weighted by Gasteiger charge is -2.36. The number of likely N-dealkylation sites (tertiary alicyclic amines) is 1. The zero-order valence-electron chi connectivity index (χ0n) is 10.6. The van der Waals surface area contributed by atoms with Gasteiger partial charge < -0.3 is 10.6 Å². The van der Waals surface area contributed by atoms with E-state index in [0.717, 1.165) is 25.9 Å². The minimum absolute atomic E-state index is 0. The van der Waals surface area contributed by atoms with Crippen molar-refractivity contribution in [2.24, 2.45) is 17.6 Å². The number of hydrogen-bond donors (Lipinski definition) is 1. The molecule has 3 nitrogen and oxygen atoms in total. The Kier molecular flexibility index (Phi) is 7.00. The Hall–Kier alpha value is -0.280. The van der Waals surface area contributed by atoms with Gasteiger partial charge in [-0.2, -0.15) is 0 Å². The SMILES string of the molecule is CCCC(N)C(=O)N1CC(C)CC(C)C1.Cl. The highest BCUT2D eigenvalue weighted by Crippen LogP contribution is 2.21. The van der Waals surface area contributed by atoms with Crippen LogP contribution in [0.25, 0.3) is 0 Å². The minimum Gasteiger partial charge on any atom is -0.341 e. The van der Waals surface area contributed by atoms with Crippen LogP contribution in [0.3, 0.4) is 0 Å². The predicted octanol–water partition coefficient (Wildman–Crippen LogP) is 2.04. The molecule has 3 atom stereocenters. The summed E-state index contributed by atoms with van der Waals surface area (Å²) in [6, 6.07) is -0.285. The molecule has 1 fully saturated rings. The smallest absolute Gasteiger partial charge is 0.239 e. The van der Waals surface area contributed by atoms with Crippen molar-refractivity contribution >= 4 is 18.3 Å². The summed E-state index contributed by atoms with van der Waals surface area (Å²) in [4.78, 5) is 13.9. The molecule has 0 spiro atoms. The molecule has 1 aliphatic rings. The van der Waals surface area contributed by atoms with Crippen LogP contribution in [0.2, 0.25) is 0 Å². The molecule has 4 heteroatoms. The molecule has 0 saturated carbocycles. The molecule has 1 rings (SSSR count). The lowest BCUT2D eigenvalue weighted by molar-refractivity contribution is -0.135. The second-order valence-corrected chi connectivity index (χ2v) is 5.08. The molecule has 0 aliphatic carbocycles. The Morgan fingerprint density at radius 1 is 1.38 bits per heavy atom. The summed E-state index contributed by atoms with van der Waals surface area (Å²) in [5.41, 5.74) is 5.86. The highest BCUT2D eigenvalue weighted by molar-refractivity contribution is 5.85. The van der Waals surface area contributed by atoms with E-state index in [9.17, 15) is 4.79 Å². The van der Waals surface area contributed by atoms with Crippen molar-refractivity contribution in [1.82, 2.24) is 4.90 Å². The van der Waals surface area contributed by atoms with E-state index >= 15 is 0 Å². The number of piperidine rings is 1. The Bertz CT molecular complexity index is 213. The van der Waals surface area contributed by atoms with Crippen molar-refractivity contribution in [3.05, 3.63) is 0 Å². The lowest BCUT2D eigenvalue weighted by atomic mass is 9.91. The first-order valence-electron chi connectivity index (χ1n) is 6.09. The first kappa shape index (κ1) is 15.7. The van der Waals surface area contributed by atoms with Gasteiger partial charge in [0, 0.05) is 13.1 Å². The molecule has 0 bridgehead atoms. The van der Waals surface area contributed by atoms with Crippen molar-refractivity contribution in [3.8, 4) is 0 Å². The van der Waals surface area contributed by atoms with E-state index in [2.05, 4.69) is 20.8 Å². The Balaban J connectivity index is 0.00000225. The van der Waals surface area contributed by atoms with Crippen molar-refractivity contribution in [2.75, 3.05) is 13.1 Å². The molecule has 1 saturated heterocycles. The zero-order valence-corrected chi connectivity index (χ0v) is 11.4. The molecule has 0 aromatic heterocycles. The molecule has 16 heavy (non-hydrogen) atoms. The van der Waals surface area contributed by atoms with Crippen LogP contribution in [0.1, 0.15) is 40.0 Å². The molecule has 0 aromatic carbocycles. The van der Waals surface area contributed by atoms with Gasteiger partial charge in [0.05, 0.1) is 6.04 Å². The van der Waals surface area contributed by atoms with Crippen molar-refractivity contribution in [1.29, 1.82) is 0 Å². The number of nitrogens with zero attached hydrogens (tertiary/aromatic N) is 1. The van der Waals surface area contributed by atoms with Crippen LogP contribution < -0.4 is 5.73 Å². The van der Waals surface area contributed by atoms with Gasteiger partial charge in [-0.3, -0.25) is 4.79 Å². The minimum atomic E-state index is -0.285. The van der Waals surface area contributed by atoms with E-state index in [-0.39, 0.29) is 24.4 Å². The highest BCUT2D eigenvalue weighted by Gasteiger charge is 2.27. The number of carbonyl (C=O) groups excluding carboxylic acids is 1. The van der Waals surface area contributed by atoms with Gasteiger partial charge in [-0.05, 0) is 24.7 Å². The van der Waals surface area contributed by atoms with E-state index in [0.29, 0.717) is 11.8 Å². The van der Waals surface area contributed by atoms with Gasteiger partial charge in [0.15, 0.2) is 0 Å². The van der Waals surface area contributed by atoms with Gasteiger partial charge in [0.2, 0.25) is 5.91 Å². The van der Waals surface area contributed by atoms with Gasteiger partial charge in [-0.1, -0.05) is 27.2 Å². The Morgan fingerprint density at radius 3 is 2.31 bits per heavy atom. The first-order valence-corrected chi connectivity index (χ1v) is 6.09. The zero-order chi connectivity index (χ0) is 11.4. The third kappa shape index (κ3) is 4.30. The maximum absolute atomic E-state index is 12.0. The van der Waals surface area contributed by atoms with Crippen LogP contribution in [-0.2, 0) is 4.79 Å². The molecule has 3 unspecified atom stereocenters. The summed E-state index contributed by atoms with van der Waals surface area (Å²) in [6.07, 6.45) is 3.01. The van der Waals surface area contributed by atoms with E-state index in [1.165, 1.54) is 6.42 Å². The van der Waals surface area contributed by atoms with Crippen LogP contribution >= 0.6 is 12.4 Å². The first-order chi connectivity index (χ1) is 7.04. The fourth-order valence-corrected chi connectivity index (χ4v) is 2.51. The molecule has 1 aliphatic heterocycles. The number of nitrogens with two attached hydrogens (primary N) is 1. The van der Waals surface area contributed by atoms with Gasteiger partial charge in [-0.25, -0.2) is 0 Å². The number of carbonyl (C=O) groups is 1. The average molecular weight is 249 g/mol. The molecular weight excluding hydrogens is 224 g/mol. The molecule has 1 heterocycles. The topological polar surface area (TPSA) is 46.3 Å². The Morgan fingerprint density at radius 2 is 1.88 bits per heavy atom. The Labute approximate surface area is 105 Å². The number of rotatable bonds is 3. The van der Waals surface area contributed by atoms with Crippen molar-refractivity contribution in [2.45, 2.75) is 46.1 Å². The van der Waals surface area contributed by atoms with Crippen LogP contribution in [-0.4, -0.2) is 29.9 Å². The van der Waals surface area contributed by atoms with E-state index < -0.39 is 0 Å². The van der Waals surface area contributed by atoms with Crippen LogP contribution in [0.4, 0.5) is 0 Å². The maximum atomic E-state index is 12.0. The molecule has 1 amide bonds. The molecular formula is C12H25ClN2O.